The van der Waals surface area contributed by atoms with Crippen molar-refractivity contribution in [2.75, 3.05) is 30.5 Å². The Morgan fingerprint density at radius 3 is 2.36 bits per heavy atom. The van der Waals surface area contributed by atoms with Gasteiger partial charge in [-0.15, -0.1) is 0 Å². The Bertz CT molecular complexity index is 1270. The van der Waals surface area contributed by atoms with Gasteiger partial charge in [0.05, 0.1) is 18.5 Å². The van der Waals surface area contributed by atoms with Crippen LogP contribution in [-0.4, -0.2) is 42.2 Å². The fourth-order valence-electron chi connectivity index (χ4n) is 3.37. The third kappa shape index (κ3) is 6.25. The lowest BCUT2D eigenvalue weighted by molar-refractivity contribution is 0.0956. The highest BCUT2D eigenvalue weighted by molar-refractivity contribution is 7.99. The third-order valence-corrected chi connectivity index (χ3v) is 5.81. The molecule has 0 aliphatic rings. The first-order valence-corrected chi connectivity index (χ1v) is 12.4. The lowest BCUT2D eigenvalue weighted by Crippen LogP contribution is -2.19. The zero-order chi connectivity index (χ0) is 26.5. The third-order valence-electron chi connectivity index (χ3n) is 5.39. The molecule has 3 aromatic rings. The number of amides is 2. The maximum Gasteiger partial charge on any atom is 0.269 e. The van der Waals surface area contributed by atoms with E-state index in [0.29, 0.717) is 22.7 Å². The molecule has 0 spiro atoms. The van der Waals surface area contributed by atoms with Crippen LogP contribution >= 0.6 is 11.9 Å². The number of hydrogen-bond donors (Lipinski definition) is 3. The number of benzene rings is 2. The Morgan fingerprint density at radius 2 is 1.72 bits per heavy atom. The molecule has 0 aliphatic carbocycles. The summed E-state index contributed by atoms with van der Waals surface area (Å²) in [6, 6.07) is 10.5. The quantitative estimate of drug-likeness (QED) is 0.356. The van der Waals surface area contributed by atoms with Crippen molar-refractivity contribution in [3.8, 4) is 17.4 Å². The van der Waals surface area contributed by atoms with Crippen molar-refractivity contribution in [1.29, 1.82) is 0 Å². The van der Waals surface area contributed by atoms with Gasteiger partial charge in [0.1, 0.15) is 17.8 Å². The number of ether oxygens (including phenoxy) is 2. The van der Waals surface area contributed by atoms with E-state index in [9.17, 15) is 9.59 Å². The molecule has 0 bridgehead atoms. The summed E-state index contributed by atoms with van der Waals surface area (Å²) in [4.78, 5) is 33.2. The second-order valence-electron chi connectivity index (χ2n) is 9.02. The van der Waals surface area contributed by atoms with Gasteiger partial charge in [-0.25, -0.2) is 9.97 Å². The van der Waals surface area contributed by atoms with Crippen LogP contribution in [0, 0.1) is 6.92 Å². The molecular formula is C26H31N5O4S. The van der Waals surface area contributed by atoms with Crippen LogP contribution in [0.15, 0.2) is 42.7 Å². The smallest absolute Gasteiger partial charge is 0.269 e. The van der Waals surface area contributed by atoms with Gasteiger partial charge in [0, 0.05) is 24.9 Å². The van der Waals surface area contributed by atoms with Crippen molar-refractivity contribution in [3.63, 3.8) is 0 Å². The number of carbonyl (C=O) groups excluding carboxylic acids is 2. The fraction of sp³-hybridized carbons (Fsp3) is 0.308. The van der Waals surface area contributed by atoms with E-state index < -0.39 is 0 Å². The molecule has 190 valence electrons. The number of carbonyl (C=O) groups is 2. The fourth-order valence-corrected chi connectivity index (χ4v) is 3.74. The van der Waals surface area contributed by atoms with Gasteiger partial charge < -0.3 is 24.8 Å². The Balaban J connectivity index is 1.93. The Morgan fingerprint density at radius 1 is 1.00 bits per heavy atom. The SMILES string of the molecule is CNC(=O)c1cc(Oc2cc(C(=O)Nc3cc(C(C)(C)C)cc(NSC)c3OC)ccc2C)ncn1. The van der Waals surface area contributed by atoms with Gasteiger partial charge in [0.2, 0.25) is 5.88 Å². The standard InChI is InChI=1S/C26H31N5O4S/c1-15-8-9-16(10-21(15)35-22-13-20(25(33)27-5)28-14-29-22)24(32)30-18-11-17(26(2,3)4)12-19(31-36-7)23(18)34-6/h8-14,31H,1-7H3,(H,27,33)(H,30,32). The summed E-state index contributed by atoms with van der Waals surface area (Å²) in [7, 11) is 3.09. The number of aryl methyl sites for hydroxylation is 1. The summed E-state index contributed by atoms with van der Waals surface area (Å²) in [5.74, 6) is 0.486. The highest BCUT2D eigenvalue weighted by Gasteiger charge is 2.21. The molecule has 3 rings (SSSR count). The summed E-state index contributed by atoms with van der Waals surface area (Å²) in [6.45, 7) is 8.18. The second-order valence-corrected chi connectivity index (χ2v) is 9.63. The average Bonchev–Trinajstić information content (AvgIpc) is 2.84. The Labute approximate surface area is 215 Å². The van der Waals surface area contributed by atoms with E-state index in [1.54, 1.807) is 25.3 Å². The van der Waals surface area contributed by atoms with Gasteiger partial charge in [0.25, 0.3) is 11.8 Å². The number of anilines is 2. The topological polar surface area (TPSA) is 114 Å². The van der Waals surface area contributed by atoms with Crippen molar-refractivity contribution in [2.45, 2.75) is 33.1 Å². The minimum Gasteiger partial charge on any atom is -0.492 e. The largest absolute Gasteiger partial charge is 0.492 e. The number of nitrogens with one attached hydrogen (secondary N) is 3. The molecule has 0 atom stereocenters. The first kappa shape index (κ1) is 26.8. The van der Waals surface area contributed by atoms with Crippen molar-refractivity contribution >= 4 is 35.1 Å². The van der Waals surface area contributed by atoms with Gasteiger partial charge in [-0.05, 0) is 47.7 Å². The number of methoxy groups -OCH3 is 1. The number of hydrogen-bond acceptors (Lipinski definition) is 8. The molecule has 2 amide bonds. The molecule has 0 unspecified atom stereocenters. The van der Waals surface area contributed by atoms with E-state index in [1.165, 1.54) is 31.4 Å². The summed E-state index contributed by atoms with van der Waals surface area (Å²) in [5, 5.41) is 5.50. The number of rotatable bonds is 8. The van der Waals surface area contributed by atoms with E-state index in [4.69, 9.17) is 9.47 Å². The van der Waals surface area contributed by atoms with E-state index in [-0.39, 0.29) is 28.8 Å². The zero-order valence-electron chi connectivity index (χ0n) is 21.5. The highest BCUT2D eigenvalue weighted by atomic mass is 32.2. The molecule has 3 N–H and O–H groups in total. The molecule has 0 fully saturated rings. The van der Waals surface area contributed by atoms with Gasteiger partial charge in [-0.3, -0.25) is 9.59 Å². The lowest BCUT2D eigenvalue weighted by atomic mass is 9.86. The van der Waals surface area contributed by atoms with Gasteiger partial charge in [-0.2, -0.15) is 0 Å². The monoisotopic (exact) mass is 509 g/mol. The first-order chi connectivity index (χ1) is 17.1. The minimum absolute atomic E-state index is 0.142. The van der Waals surface area contributed by atoms with Crippen molar-refractivity contribution in [2.24, 2.45) is 0 Å². The van der Waals surface area contributed by atoms with Gasteiger partial charge >= 0.3 is 0 Å². The summed E-state index contributed by atoms with van der Waals surface area (Å²) in [6.07, 6.45) is 3.17. The van der Waals surface area contributed by atoms with Crippen molar-refractivity contribution < 1.29 is 19.1 Å². The summed E-state index contributed by atoms with van der Waals surface area (Å²) < 4.78 is 14.8. The maximum atomic E-state index is 13.3. The average molecular weight is 510 g/mol. The van der Waals surface area contributed by atoms with Crippen molar-refractivity contribution in [1.82, 2.24) is 15.3 Å². The number of aromatic nitrogens is 2. The van der Waals surface area contributed by atoms with Crippen LogP contribution in [0.3, 0.4) is 0 Å². The van der Waals surface area contributed by atoms with Crippen LogP contribution in [0.4, 0.5) is 11.4 Å². The normalized spacial score (nSPS) is 11.0. The molecule has 0 radical (unpaired) electrons. The molecule has 10 heteroatoms. The van der Waals surface area contributed by atoms with Crippen LogP contribution < -0.4 is 24.8 Å². The summed E-state index contributed by atoms with van der Waals surface area (Å²) in [5.41, 5.74) is 3.59. The molecule has 9 nitrogen and oxygen atoms in total. The molecule has 0 aliphatic heterocycles. The van der Waals surface area contributed by atoms with Gasteiger partial charge in [0.15, 0.2) is 5.75 Å². The van der Waals surface area contributed by atoms with Crippen LogP contribution in [0.2, 0.25) is 0 Å². The highest BCUT2D eigenvalue weighted by Crippen LogP contribution is 2.39. The van der Waals surface area contributed by atoms with Crippen LogP contribution in [-0.2, 0) is 5.41 Å². The molecule has 0 saturated heterocycles. The van der Waals surface area contributed by atoms with E-state index in [2.05, 4.69) is 46.1 Å². The molecule has 1 aromatic heterocycles. The maximum absolute atomic E-state index is 13.3. The predicted octanol–water partition coefficient (Wildman–Crippen LogP) is 5.19. The minimum atomic E-state index is -0.353. The second kappa shape index (κ2) is 11.3. The Hall–Kier alpha value is -3.79. The van der Waals surface area contributed by atoms with E-state index in [1.807, 2.05) is 25.3 Å². The molecule has 0 saturated carbocycles. The molecule has 2 aromatic carbocycles. The van der Waals surface area contributed by atoms with Crippen LogP contribution in [0.5, 0.6) is 17.4 Å². The molecule has 1 heterocycles. The van der Waals surface area contributed by atoms with Crippen LogP contribution in [0.1, 0.15) is 52.7 Å². The van der Waals surface area contributed by atoms with Crippen LogP contribution in [0.25, 0.3) is 0 Å². The van der Waals surface area contributed by atoms with E-state index in [0.717, 1.165) is 16.8 Å². The molecule has 36 heavy (non-hydrogen) atoms. The zero-order valence-corrected chi connectivity index (χ0v) is 22.3. The Kier molecular flexibility index (Phi) is 8.41. The number of nitrogens with zero attached hydrogens (tertiary/aromatic N) is 2. The van der Waals surface area contributed by atoms with E-state index >= 15 is 0 Å². The summed E-state index contributed by atoms with van der Waals surface area (Å²) >= 11 is 1.44. The first-order valence-electron chi connectivity index (χ1n) is 11.2. The molecular weight excluding hydrogens is 478 g/mol. The van der Waals surface area contributed by atoms with Gasteiger partial charge in [-0.1, -0.05) is 38.8 Å². The van der Waals surface area contributed by atoms with Crippen molar-refractivity contribution in [3.05, 3.63) is 65.1 Å². The predicted molar refractivity (Wildman–Crippen MR) is 143 cm³/mol. The lowest BCUT2D eigenvalue weighted by Gasteiger charge is -2.24.